The number of rotatable bonds is 7. The van der Waals surface area contributed by atoms with Crippen LogP contribution in [0.2, 0.25) is 0 Å². The number of carbonyl (C=O) groups excluding carboxylic acids is 1. The molecule has 1 saturated heterocycles. The molecule has 1 saturated carbocycles. The summed E-state index contributed by atoms with van der Waals surface area (Å²) in [5.41, 5.74) is 0.996. The van der Waals surface area contributed by atoms with Crippen LogP contribution in [0.4, 0.5) is 4.79 Å². The zero-order valence-electron chi connectivity index (χ0n) is 16.1. The average molecular weight is 374 g/mol. The molecule has 27 heavy (non-hydrogen) atoms. The highest BCUT2D eigenvalue weighted by atomic mass is 16.5. The number of benzene rings is 1. The fraction of sp³-hybridized carbons (Fsp3) is 0.619. The molecule has 4 unspecified atom stereocenters. The first-order chi connectivity index (χ1) is 12.9. The Morgan fingerprint density at radius 2 is 2.04 bits per heavy atom. The molecule has 2 fully saturated rings. The summed E-state index contributed by atoms with van der Waals surface area (Å²) in [5.74, 6) is -0.483. The third-order valence-corrected chi connectivity index (χ3v) is 5.98. The van der Waals surface area contributed by atoms with Gasteiger partial charge in [0.15, 0.2) is 0 Å². The monoisotopic (exact) mass is 374 g/mol. The molecule has 3 rings (SSSR count). The lowest BCUT2D eigenvalue weighted by atomic mass is 9.55. The minimum Gasteiger partial charge on any atom is -0.481 e. The van der Waals surface area contributed by atoms with Gasteiger partial charge in [0.2, 0.25) is 0 Å². The molecule has 6 nitrogen and oxygen atoms in total. The number of urea groups is 1. The summed E-state index contributed by atoms with van der Waals surface area (Å²) in [4.78, 5) is 23.6. The van der Waals surface area contributed by atoms with Gasteiger partial charge in [-0.3, -0.25) is 4.79 Å². The van der Waals surface area contributed by atoms with Crippen LogP contribution in [0.5, 0.6) is 0 Å². The lowest BCUT2D eigenvalue weighted by Crippen LogP contribution is -2.71. The van der Waals surface area contributed by atoms with E-state index >= 15 is 0 Å². The van der Waals surface area contributed by atoms with E-state index in [2.05, 4.69) is 24.5 Å². The van der Waals surface area contributed by atoms with Crippen molar-refractivity contribution in [2.75, 3.05) is 6.61 Å². The normalized spacial score (nSPS) is 27.0. The maximum absolute atomic E-state index is 12.6. The van der Waals surface area contributed by atoms with Crippen LogP contribution in [0.25, 0.3) is 0 Å². The first-order valence-corrected chi connectivity index (χ1v) is 9.82. The molecule has 1 aromatic rings. The topological polar surface area (TPSA) is 87.7 Å². The number of nitrogens with one attached hydrogen (secondary N) is 2. The Morgan fingerprint density at radius 1 is 1.30 bits per heavy atom. The zero-order valence-corrected chi connectivity index (χ0v) is 16.1. The number of fused-ring (bicyclic) bond motifs is 1. The van der Waals surface area contributed by atoms with Gasteiger partial charge in [-0.25, -0.2) is 4.79 Å². The fourth-order valence-electron chi connectivity index (χ4n) is 4.61. The summed E-state index contributed by atoms with van der Waals surface area (Å²) >= 11 is 0. The Hall–Kier alpha value is -2.08. The van der Waals surface area contributed by atoms with Crippen molar-refractivity contribution in [3.8, 4) is 0 Å². The van der Waals surface area contributed by atoms with Crippen LogP contribution in [0.15, 0.2) is 30.3 Å². The molecule has 1 aliphatic heterocycles. The van der Waals surface area contributed by atoms with Crippen LogP contribution in [0.3, 0.4) is 0 Å². The van der Waals surface area contributed by atoms with Crippen molar-refractivity contribution in [2.24, 2.45) is 11.3 Å². The van der Waals surface area contributed by atoms with Crippen molar-refractivity contribution < 1.29 is 19.4 Å². The molecule has 3 N–H and O–H groups in total. The summed E-state index contributed by atoms with van der Waals surface area (Å²) in [5, 5.41) is 15.1. The third-order valence-electron chi connectivity index (χ3n) is 5.98. The largest absolute Gasteiger partial charge is 0.481 e. The number of carboxylic acid groups (broad SMARTS) is 1. The molecule has 6 heteroatoms. The maximum Gasteiger partial charge on any atom is 0.315 e. The van der Waals surface area contributed by atoms with E-state index in [1.807, 2.05) is 30.3 Å². The van der Waals surface area contributed by atoms with E-state index in [0.717, 1.165) is 25.0 Å². The molecule has 0 radical (unpaired) electrons. The summed E-state index contributed by atoms with van der Waals surface area (Å²) in [6.07, 6.45) is 3.37. The summed E-state index contributed by atoms with van der Waals surface area (Å²) in [6, 6.07) is 9.47. The Bertz CT molecular complexity index is 661. The Balaban J connectivity index is 1.59. The predicted octanol–water partition coefficient (Wildman–Crippen LogP) is 2.97. The second-order valence-corrected chi connectivity index (χ2v) is 8.33. The highest BCUT2D eigenvalue weighted by molar-refractivity contribution is 5.75. The molecular weight excluding hydrogens is 344 g/mol. The van der Waals surface area contributed by atoms with Crippen LogP contribution in [-0.4, -0.2) is 41.9 Å². The predicted molar refractivity (Wildman–Crippen MR) is 103 cm³/mol. The van der Waals surface area contributed by atoms with Crippen LogP contribution >= 0.6 is 0 Å². The molecule has 1 aliphatic carbocycles. The van der Waals surface area contributed by atoms with Gasteiger partial charge < -0.3 is 20.5 Å². The van der Waals surface area contributed by atoms with E-state index in [4.69, 9.17) is 9.84 Å². The number of carboxylic acids is 1. The molecule has 1 aromatic carbocycles. The minimum atomic E-state index is -0.849. The minimum absolute atomic E-state index is 0.0330. The van der Waals surface area contributed by atoms with Crippen LogP contribution in [-0.2, 0) is 16.0 Å². The third kappa shape index (κ3) is 4.61. The molecule has 2 aliphatic rings. The van der Waals surface area contributed by atoms with Crippen molar-refractivity contribution in [1.29, 1.82) is 0 Å². The Morgan fingerprint density at radius 3 is 2.74 bits per heavy atom. The van der Waals surface area contributed by atoms with Gasteiger partial charge in [0.25, 0.3) is 0 Å². The SMILES string of the molecule is CC1(C)C(NC(=O)NC(CCC(=O)O)Cc2ccccc2)C2CCCOC21. The zero-order chi connectivity index (χ0) is 19.4. The lowest BCUT2D eigenvalue weighted by Gasteiger charge is -2.59. The van der Waals surface area contributed by atoms with Gasteiger partial charge in [0, 0.05) is 36.4 Å². The first kappa shape index (κ1) is 19.7. The molecule has 2 amide bonds. The molecular formula is C21H30N2O4. The molecule has 4 atom stereocenters. The van der Waals surface area contributed by atoms with E-state index in [9.17, 15) is 9.59 Å². The van der Waals surface area contributed by atoms with E-state index in [0.29, 0.717) is 18.8 Å². The van der Waals surface area contributed by atoms with Gasteiger partial charge in [-0.05, 0) is 31.2 Å². The van der Waals surface area contributed by atoms with Crippen LogP contribution in [0, 0.1) is 11.3 Å². The quantitative estimate of drug-likeness (QED) is 0.685. The number of amides is 2. The van der Waals surface area contributed by atoms with Crippen molar-refractivity contribution in [1.82, 2.24) is 10.6 Å². The standard InChI is InChI=1S/C21H30N2O4/c1-21(2)18(16-9-6-12-27-19(16)21)23-20(26)22-15(10-11-17(24)25)13-14-7-4-3-5-8-14/h3-5,7-8,15-16,18-19H,6,9-13H2,1-2H3,(H,24,25)(H2,22,23,26). The average Bonchev–Trinajstić information content (AvgIpc) is 2.65. The van der Waals surface area contributed by atoms with E-state index < -0.39 is 5.97 Å². The lowest BCUT2D eigenvalue weighted by molar-refractivity contribution is -0.189. The van der Waals surface area contributed by atoms with Crippen molar-refractivity contribution in [2.45, 2.75) is 64.1 Å². The van der Waals surface area contributed by atoms with Gasteiger partial charge in [-0.15, -0.1) is 0 Å². The Labute approximate surface area is 160 Å². The van der Waals surface area contributed by atoms with Gasteiger partial charge in [-0.1, -0.05) is 44.2 Å². The van der Waals surface area contributed by atoms with Gasteiger partial charge >= 0.3 is 12.0 Å². The van der Waals surface area contributed by atoms with E-state index in [-0.39, 0.29) is 36.1 Å². The van der Waals surface area contributed by atoms with Crippen molar-refractivity contribution >= 4 is 12.0 Å². The second kappa shape index (κ2) is 8.30. The summed E-state index contributed by atoms with van der Waals surface area (Å²) < 4.78 is 5.89. The van der Waals surface area contributed by atoms with Crippen molar-refractivity contribution in [3.63, 3.8) is 0 Å². The van der Waals surface area contributed by atoms with E-state index in [1.54, 1.807) is 0 Å². The molecule has 0 aromatic heterocycles. The van der Waals surface area contributed by atoms with Crippen LogP contribution < -0.4 is 10.6 Å². The smallest absolute Gasteiger partial charge is 0.315 e. The van der Waals surface area contributed by atoms with Crippen molar-refractivity contribution in [3.05, 3.63) is 35.9 Å². The van der Waals surface area contributed by atoms with Gasteiger partial charge in [-0.2, -0.15) is 0 Å². The number of aliphatic carboxylic acids is 1. The molecule has 0 bridgehead atoms. The number of ether oxygens (including phenoxy) is 1. The summed E-state index contributed by atoms with van der Waals surface area (Å²) in [6.45, 7) is 5.07. The van der Waals surface area contributed by atoms with Gasteiger partial charge in [0.05, 0.1) is 6.10 Å². The highest BCUT2D eigenvalue weighted by Gasteiger charge is 2.58. The molecule has 1 heterocycles. The number of hydrogen-bond acceptors (Lipinski definition) is 3. The van der Waals surface area contributed by atoms with Crippen LogP contribution in [0.1, 0.15) is 45.1 Å². The number of carbonyl (C=O) groups is 2. The number of hydrogen-bond donors (Lipinski definition) is 3. The van der Waals surface area contributed by atoms with Gasteiger partial charge in [0.1, 0.15) is 0 Å². The maximum atomic E-state index is 12.6. The second-order valence-electron chi connectivity index (χ2n) is 8.33. The fourth-order valence-corrected chi connectivity index (χ4v) is 4.61. The molecule has 148 valence electrons. The highest BCUT2D eigenvalue weighted by Crippen LogP contribution is 2.51. The summed E-state index contributed by atoms with van der Waals surface area (Å²) in [7, 11) is 0. The van der Waals surface area contributed by atoms with E-state index in [1.165, 1.54) is 0 Å². The molecule has 0 spiro atoms. The Kier molecular flexibility index (Phi) is 6.05. The first-order valence-electron chi connectivity index (χ1n) is 9.82.